The summed E-state index contributed by atoms with van der Waals surface area (Å²) in [5.74, 6) is 0.0191. The fourth-order valence-electron chi connectivity index (χ4n) is 4.20. The lowest BCUT2D eigenvalue weighted by atomic mass is 10.0. The molecule has 0 radical (unpaired) electrons. The van der Waals surface area contributed by atoms with Crippen molar-refractivity contribution in [3.05, 3.63) is 47.3 Å². The molecule has 0 aliphatic carbocycles. The number of nitrogens with zero attached hydrogens (tertiary/aromatic N) is 5. The van der Waals surface area contributed by atoms with Crippen LogP contribution in [-0.2, 0) is 13.1 Å². The van der Waals surface area contributed by atoms with E-state index in [1.807, 2.05) is 35.1 Å². The number of carbonyl (C=O) groups excluding carboxylic acids is 1. The summed E-state index contributed by atoms with van der Waals surface area (Å²) in [6.45, 7) is 1.54. The Hall–Kier alpha value is -2.21. The van der Waals surface area contributed by atoms with E-state index in [-0.39, 0.29) is 5.91 Å². The summed E-state index contributed by atoms with van der Waals surface area (Å²) in [5.41, 5.74) is 2.81. The number of benzene rings is 1. The predicted molar refractivity (Wildman–Crippen MR) is 95.2 cm³/mol. The van der Waals surface area contributed by atoms with E-state index in [0.29, 0.717) is 12.1 Å². The number of aromatic nitrogens is 3. The third kappa shape index (κ3) is 3.31. The first-order valence-corrected chi connectivity index (χ1v) is 9.05. The van der Waals surface area contributed by atoms with Gasteiger partial charge in [0.2, 0.25) is 0 Å². The van der Waals surface area contributed by atoms with Crippen molar-refractivity contribution in [1.82, 2.24) is 24.8 Å². The van der Waals surface area contributed by atoms with Crippen LogP contribution in [0.3, 0.4) is 0 Å². The molecule has 2 saturated heterocycles. The van der Waals surface area contributed by atoms with Crippen LogP contribution in [0.2, 0.25) is 0 Å². The van der Waals surface area contributed by atoms with Gasteiger partial charge in [0, 0.05) is 38.3 Å². The second kappa shape index (κ2) is 6.59. The maximum absolute atomic E-state index is 12.1. The summed E-state index contributed by atoms with van der Waals surface area (Å²) >= 11 is 0. The smallest absolute Gasteiger partial charge is 0.253 e. The lowest BCUT2D eigenvalue weighted by molar-refractivity contribution is 0.0827. The van der Waals surface area contributed by atoms with Crippen molar-refractivity contribution in [1.29, 1.82) is 0 Å². The van der Waals surface area contributed by atoms with E-state index >= 15 is 0 Å². The van der Waals surface area contributed by atoms with Gasteiger partial charge in [0.15, 0.2) is 0 Å². The van der Waals surface area contributed by atoms with E-state index in [2.05, 4.69) is 15.2 Å². The molecule has 2 bridgehead atoms. The van der Waals surface area contributed by atoms with Crippen LogP contribution in [0.1, 0.15) is 47.3 Å². The molecule has 0 atom stereocenters. The molecule has 132 valence electrons. The minimum Gasteiger partial charge on any atom is -0.345 e. The predicted octanol–water partition coefficient (Wildman–Crippen LogP) is 2.16. The molecule has 1 aromatic heterocycles. The molecule has 0 unspecified atom stereocenters. The summed E-state index contributed by atoms with van der Waals surface area (Å²) < 4.78 is 1.87. The molecular weight excluding hydrogens is 314 g/mol. The van der Waals surface area contributed by atoms with Crippen molar-refractivity contribution in [2.24, 2.45) is 0 Å². The van der Waals surface area contributed by atoms with E-state index in [1.165, 1.54) is 25.7 Å². The SMILES string of the molecule is CN(C)C(=O)c1cccc(Cn2cc(CN3C4CCC3CC4)nn2)c1. The van der Waals surface area contributed by atoms with Crippen LogP contribution in [0.4, 0.5) is 0 Å². The minimum absolute atomic E-state index is 0.0191. The molecule has 6 heteroatoms. The van der Waals surface area contributed by atoms with Crippen LogP contribution in [0.5, 0.6) is 0 Å². The first kappa shape index (κ1) is 16.3. The van der Waals surface area contributed by atoms with Gasteiger partial charge in [0.25, 0.3) is 5.91 Å². The average Bonchev–Trinajstić information content (AvgIpc) is 3.32. The molecule has 4 rings (SSSR count). The quantitative estimate of drug-likeness (QED) is 0.838. The van der Waals surface area contributed by atoms with Crippen LogP contribution < -0.4 is 0 Å². The molecule has 25 heavy (non-hydrogen) atoms. The van der Waals surface area contributed by atoms with Crippen molar-refractivity contribution in [2.45, 2.75) is 50.9 Å². The van der Waals surface area contributed by atoms with Crippen LogP contribution in [0.15, 0.2) is 30.5 Å². The van der Waals surface area contributed by atoms with Gasteiger partial charge in [-0.25, -0.2) is 4.68 Å². The fourth-order valence-corrected chi connectivity index (χ4v) is 4.20. The average molecular weight is 339 g/mol. The van der Waals surface area contributed by atoms with Crippen molar-refractivity contribution >= 4 is 5.91 Å². The Morgan fingerprint density at radius 1 is 1.16 bits per heavy atom. The maximum atomic E-state index is 12.1. The number of hydrogen-bond donors (Lipinski definition) is 0. The Labute approximate surface area is 148 Å². The zero-order valence-corrected chi connectivity index (χ0v) is 14.9. The van der Waals surface area contributed by atoms with E-state index < -0.39 is 0 Å². The molecule has 0 saturated carbocycles. The summed E-state index contributed by atoms with van der Waals surface area (Å²) in [5, 5.41) is 8.63. The van der Waals surface area contributed by atoms with E-state index in [9.17, 15) is 4.79 Å². The Balaban J connectivity index is 1.43. The second-order valence-electron chi connectivity index (χ2n) is 7.44. The van der Waals surface area contributed by atoms with Crippen molar-refractivity contribution in [2.75, 3.05) is 14.1 Å². The highest BCUT2D eigenvalue weighted by Crippen LogP contribution is 2.38. The lowest BCUT2D eigenvalue weighted by Crippen LogP contribution is -2.27. The molecule has 1 aromatic carbocycles. The van der Waals surface area contributed by atoms with Crippen molar-refractivity contribution in [3.63, 3.8) is 0 Å². The van der Waals surface area contributed by atoms with E-state index in [0.717, 1.165) is 29.9 Å². The van der Waals surface area contributed by atoms with Crippen molar-refractivity contribution in [3.8, 4) is 0 Å². The first-order valence-electron chi connectivity index (χ1n) is 9.05. The Morgan fingerprint density at radius 2 is 1.88 bits per heavy atom. The molecular formula is C19H25N5O. The fraction of sp³-hybridized carbons (Fsp3) is 0.526. The van der Waals surface area contributed by atoms with Crippen LogP contribution in [-0.4, -0.2) is 56.9 Å². The van der Waals surface area contributed by atoms with Crippen LogP contribution in [0.25, 0.3) is 0 Å². The molecule has 0 N–H and O–H groups in total. The van der Waals surface area contributed by atoms with Crippen molar-refractivity contribution < 1.29 is 4.79 Å². The molecule has 2 aromatic rings. The van der Waals surface area contributed by atoms with Gasteiger partial charge in [-0.2, -0.15) is 0 Å². The maximum Gasteiger partial charge on any atom is 0.253 e. The number of hydrogen-bond acceptors (Lipinski definition) is 4. The number of rotatable bonds is 5. The number of fused-ring (bicyclic) bond motifs is 2. The van der Waals surface area contributed by atoms with E-state index in [1.54, 1.807) is 19.0 Å². The first-order chi connectivity index (χ1) is 12.1. The van der Waals surface area contributed by atoms with Gasteiger partial charge in [0.05, 0.1) is 18.4 Å². The molecule has 1 amide bonds. The normalized spacial score (nSPS) is 22.5. The molecule has 2 aliphatic heterocycles. The van der Waals surface area contributed by atoms with Gasteiger partial charge in [-0.1, -0.05) is 17.3 Å². The Kier molecular flexibility index (Phi) is 4.29. The Bertz CT molecular complexity index is 749. The molecule has 3 heterocycles. The van der Waals surface area contributed by atoms with Gasteiger partial charge in [-0.05, 0) is 43.4 Å². The zero-order valence-electron chi connectivity index (χ0n) is 14.9. The van der Waals surface area contributed by atoms with Crippen LogP contribution in [0, 0.1) is 0 Å². The molecule has 2 aliphatic rings. The van der Waals surface area contributed by atoms with Gasteiger partial charge in [-0.15, -0.1) is 5.10 Å². The molecule has 6 nitrogen and oxygen atoms in total. The third-order valence-corrected chi connectivity index (χ3v) is 5.46. The highest BCUT2D eigenvalue weighted by Gasteiger charge is 2.39. The topological polar surface area (TPSA) is 54.3 Å². The third-order valence-electron chi connectivity index (χ3n) is 5.46. The zero-order chi connectivity index (χ0) is 17.4. The number of amides is 1. The second-order valence-corrected chi connectivity index (χ2v) is 7.44. The summed E-state index contributed by atoms with van der Waals surface area (Å²) in [4.78, 5) is 16.3. The van der Waals surface area contributed by atoms with Gasteiger partial charge in [-0.3, -0.25) is 9.69 Å². The summed E-state index contributed by atoms with van der Waals surface area (Å²) in [6.07, 6.45) is 7.40. The van der Waals surface area contributed by atoms with Crippen LogP contribution >= 0.6 is 0 Å². The van der Waals surface area contributed by atoms with E-state index in [4.69, 9.17) is 0 Å². The van der Waals surface area contributed by atoms with Gasteiger partial charge < -0.3 is 4.90 Å². The molecule has 0 spiro atoms. The molecule has 2 fully saturated rings. The highest BCUT2D eigenvalue weighted by molar-refractivity contribution is 5.94. The summed E-state index contributed by atoms with van der Waals surface area (Å²) in [6, 6.07) is 9.24. The monoisotopic (exact) mass is 339 g/mol. The Morgan fingerprint density at radius 3 is 2.56 bits per heavy atom. The highest BCUT2D eigenvalue weighted by atomic mass is 16.2. The minimum atomic E-state index is 0.0191. The standard InChI is InChI=1S/C19H25N5O/c1-22(2)19(25)15-5-3-4-14(10-15)11-23-12-16(20-21-23)13-24-17-6-7-18(24)9-8-17/h3-5,10,12,17-18H,6-9,11,13H2,1-2H3. The van der Waals surface area contributed by atoms with Gasteiger partial charge >= 0.3 is 0 Å². The lowest BCUT2D eigenvalue weighted by Gasteiger charge is -2.19. The number of carbonyl (C=O) groups is 1. The van der Waals surface area contributed by atoms with Gasteiger partial charge in [0.1, 0.15) is 0 Å². The largest absolute Gasteiger partial charge is 0.345 e. The summed E-state index contributed by atoms with van der Waals surface area (Å²) in [7, 11) is 3.54.